The molecule has 0 aromatic rings. The molecule has 0 heterocycles. The molecule has 0 bridgehead atoms. The first kappa shape index (κ1) is 55.2. The standard InChI is InChI=1S/C40H78O7S.2Na.2H/c1-36(2)31-27-23-19-15-11-7-5-9-13-17-21-25-29-33-46-39(41)35-38(48(43,44)45)40(42)47-34-30-26-22-18-14-10-6-8-12-16-20-24-28-32-37(3)4;;;;/h36-38H,5-35H2,1-4H3,(H,43,44,45);;;;/q;2*+1;2*-1. The molecule has 0 saturated heterocycles. The van der Waals surface area contributed by atoms with Crippen molar-refractivity contribution in [3.8, 4) is 0 Å². The SMILES string of the molecule is CC(C)CCCCCCCCCCCCCCCOC(=O)CC(C(=O)OCCCCCCCCCCCCCCCC(C)C)S(=O)(=O)O.[H-].[H-].[Na+].[Na+]. The summed E-state index contributed by atoms with van der Waals surface area (Å²) in [5.41, 5.74) is 0. The van der Waals surface area contributed by atoms with Crippen LogP contribution in [0.5, 0.6) is 0 Å². The molecule has 7 nitrogen and oxygen atoms in total. The zero-order chi connectivity index (χ0) is 35.7. The fraction of sp³-hybridized carbons (Fsp3) is 0.950. The Kier molecular flexibility index (Phi) is 43.6. The Bertz CT molecular complexity index is 865. The molecule has 0 spiro atoms. The first-order chi connectivity index (χ1) is 23.0. The average molecular weight is 751 g/mol. The number of hydrogen-bond acceptors (Lipinski definition) is 6. The van der Waals surface area contributed by atoms with Gasteiger partial charge in [0.15, 0.2) is 5.25 Å². The molecule has 0 radical (unpaired) electrons. The van der Waals surface area contributed by atoms with Crippen LogP contribution in [0, 0.1) is 11.8 Å². The number of ether oxygens (including phenoxy) is 2. The predicted molar refractivity (Wildman–Crippen MR) is 203 cm³/mol. The molecule has 0 aromatic heterocycles. The molecular formula is C40H80Na2O7S. The van der Waals surface area contributed by atoms with Crippen LogP contribution in [-0.2, 0) is 29.2 Å². The Labute approximate surface area is 357 Å². The van der Waals surface area contributed by atoms with Crippen LogP contribution in [0.2, 0.25) is 0 Å². The molecule has 0 aliphatic heterocycles. The van der Waals surface area contributed by atoms with Gasteiger partial charge in [0.05, 0.1) is 19.6 Å². The van der Waals surface area contributed by atoms with Gasteiger partial charge in [-0.05, 0) is 24.7 Å². The van der Waals surface area contributed by atoms with Gasteiger partial charge in [-0.25, -0.2) is 0 Å². The largest absolute Gasteiger partial charge is 1.00 e. The van der Waals surface area contributed by atoms with Gasteiger partial charge in [-0.15, -0.1) is 0 Å². The minimum atomic E-state index is -4.77. The summed E-state index contributed by atoms with van der Waals surface area (Å²) >= 11 is 0. The molecule has 0 saturated carbocycles. The van der Waals surface area contributed by atoms with Gasteiger partial charge in [0, 0.05) is 0 Å². The van der Waals surface area contributed by atoms with Gasteiger partial charge in [0.2, 0.25) is 0 Å². The second kappa shape index (κ2) is 39.5. The third-order valence-electron chi connectivity index (χ3n) is 9.33. The van der Waals surface area contributed by atoms with Gasteiger partial charge in [-0.1, -0.05) is 195 Å². The van der Waals surface area contributed by atoms with Crippen LogP contribution in [-0.4, -0.2) is 43.4 Å². The van der Waals surface area contributed by atoms with Gasteiger partial charge in [0.25, 0.3) is 10.1 Å². The molecule has 0 aliphatic carbocycles. The van der Waals surface area contributed by atoms with Crippen molar-refractivity contribution in [1.29, 1.82) is 0 Å². The van der Waals surface area contributed by atoms with E-state index in [1.165, 1.54) is 135 Å². The molecular weight excluding hydrogens is 670 g/mol. The fourth-order valence-corrected chi connectivity index (χ4v) is 6.83. The molecule has 290 valence electrons. The quantitative estimate of drug-likeness (QED) is 0.0353. The fourth-order valence-electron chi connectivity index (χ4n) is 6.17. The second-order valence-corrected chi connectivity index (χ2v) is 16.8. The summed E-state index contributed by atoms with van der Waals surface area (Å²) in [5.74, 6) is -0.249. The Balaban J connectivity index is -0.00000184. The van der Waals surface area contributed by atoms with Gasteiger partial charge >= 0.3 is 71.1 Å². The number of rotatable bonds is 36. The topological polar surface area (TPSA) is 107 Å². The smallest absolute Gasteiger partial charge is 1.00 e. The molecule has 0 aromatic carbocycles. The zero-order valence-electron chi connectivity index (χ0n) is 36.0. The molecule has 0 rings (SSSR count). The first-order valence-corrected chi connectivity index (χ1v) is 21.8. The van der Waals surface area contributed by atoms with E-state index in [2.05, 4.69) is 27.7 Å². The molecule has 0 fully saturated rings. The first-order valence-electron chi connectivity index (χ1n) is 20.3. The van der Waals surface area contributed by atoms with Gasteiger partial charge in [-0.2, -0.15) is 8.42 Å². The van der Waals surface area contributed by atoms with E-state index in [1.54, 1.807) is 0 Å². The Hall–Kier alpha value is 0.850. The van der Waals surface area contributed by atoms with E-state index in [0.29, 0.717) is 12.8 Å². The summed E-state index contributed by atoms with van der Waals surface area (Å²) in [7, 11) is -4.77. The van der Waals surface area contributed by atoms with Gasteiger partial charge < -0.3 is 12.3 Å². The van der Waals surface area contributed by atoms with Gasteiger partial charge in [-0.3, -0.25) is 14.1 Å². The van der Waals surface area contributed by atoms with E-state index < -0.39 is 33.7 Å². The summed E-state index contributed by atoms with van der Waals surface area (Å²) in [6.07, 6.45) is 33.4. The number of carbonyl (C=O) groups excluding carboxylic acids is 2. The molecule has 50 heavy (non-hydrogen) atoms. The third-order valence-corrected chi connectivity index (χ3v) is 10.4. The molecule has 1 unspecified atom stereocenters. The molecule has 0 aliphatic rings. The third kappa shape index (κ3) is 40.0. The van der Waals surface area contributed by atoms with E-state index >= 15 is 0 Å². The van der Waals surface area contributed by atoms with E-state index in [0.717, 1.165) is 43.9 Å². The van der Waals surface area contributed by atoms with E-state index in [1.807, 2.05) is 0 Å². The Morgan fingerprint density at radius 2 is 0.740 bits per heavy atom. The maximum atomic E-state index is 12.4. The van der Waals surface area contributed by atoms with Crippen molar-refractivity contribution >= 4 is 22.1 Å². The summed E-state index contributed by atoms with van der Waals surface area (Å²) < 4.78 is 43.3. The number of carbonyl (C=O) groups is 2. The van der Waals surface area contributed by atoms with Crippen LogP contribution >= 0.6 is 0 Å². The number of hydrogen-bond donors (Lipinski definition) is 1. The zero-order valence-corrected chi connectivity index (χ0v) is 38.8. The normalized spacial score (nSPS) is 12.1. The van der Waals surface area contributed by atoms with Crippen LogP contribution in [0.15, 0.2) is 0 Å². The Morgan fingerprint density at radius 1 is 0.480 bits per heavy atom. The van der Waals surface area contributed by atoms with Crippen LogP contribution in [0.3, 0.4) is 0 Å². The second-order valence-electron chi connectivity index (χ2n) is 15.2. The number of unbranched alkanes of at least 4 members (excludes halogenated alkanes) is 24. The molecule has 1 N–H and O–H groups in total. The van der Waals surface area contributed by atoms with E-state index in [9.17, 15) is 22.6 Å². The van der Waals surface area contributed by atoms with Crippen LogP contribution in [0.4, 0.5) is 0 Å². The van der Waals surface area contributed by atoms with Crippen LogP contribution in [0.25, 0.3) is 0 Å². The number of esters is 2. The maximum Gasteiger partial charge on any atom is 1.00 e. The summed E-state index contributed by atoms with van der Waals surface area (Å²) in [5, 5.41) is -1.94. The summed E-state index contributed by atoms with van der Waals surface area (Å²) in [6, 6.07) is 0. The van der Waals surface area contributed by atoms with Crippen molar-refractivity contribution < 1.29 is 94.0 Å². The molecule has 1 atom stereocenters. The van der Waals surface area contributed by atoms with Crippen molar-refractivity contribution in [2.45, 2.75) is 219 Å². The molecule has 10 heteroatoms. The minimum absolute atomic E-state index is 0. The predicted octanol–water partition coefficient (Wildman–Crippen LogP) is 6.19. The van der Waals surface area contributed by atoms with Crippen molar-refractivity contribution in [2.24, 2.45) is 11.8 Å². The van der Waals surface area contributed by atoms with Crippen LogP contribution < -0.4 is 59.1 Å². The van der Waals surface area contributed by atoms with E-state index in [-0.39, 0.29) is 75.2 Å². The Morgan fingerprint density at radius 3 is 1.02 bits per heavy atom. The van der Waals surface area contributed by atoms with Crippen molar-refractivity contribution in [3.05, 3.63) is 0 Å². The summed E-state index contributed by atoms with van der Waals surface area (Å²) in [4.78, 5) is 24.5. The molecule has 0 amide bonds. The van der Waals surface area contributed by atoms with Gasteiger partial charge in [0.1, 0.15) is 0 Å². The average Bonchev–Trinajstić information content (AvgIpc) is 3.02. The summed E-state index contributed by atoms with van der Waals surface area (Å²) in [6.45, 7) is 9.44. The van der Waals surface area contributed by atoms with Crippen molar-refractivity contribution in [2.75, 3.05) is 13.2 Å². The van der Waals surface area contributed by atoms with Crippen molar-refractivity contribution in [1.82, 2.24) is 0 Å². The monoisotopic (exact) mass is 751 g/mol. The van der Waals surface area contributed by atoms with Crippen LogP contribution in [0.1, 0.15) is 217 Å². The minimum Gasteiger partial charge on any atom is -1.00 e. The maximum absolute atomic E-state index is 12.4. The van der Waals surface area contributed by atoms with E-state index in [4.69, 9.17) is 9.47 Å². The van der Waals surface area contributed by atoms with Crippen molar-refractivity contribution in [3.63, 3.8) is 0 Å².